The van der Waals surface area contributed by atoms with Gasteiger partial charge in [0.25, 0.3) is 5.91 Å². The highest BCUT2D eigenvalue weighted by Gasteiger charge is 2.29. The Morgan fingerprint density at radius 2 is 1.64 bits per heavy atom. The molecule has 4 aromatic rings. The molecule has 1 atom stereocenters. The first kappa shape index (κ1) is 29.7. The molecule has 1 aliphatic rings. The summed E-state index contributed by atoms with van der Waals surface area (Å²) in [5.41, 5.74) is 2.12. The van der Waals surface area contributed by atoms with Crippen LogP contribution in [-0.4, -0.2) is 34.0 Å². The number of nitrogens with zero attached hydrogens (tertiary/aromatic N) is 1. The van der Waals surface area contributed by atoms with Gasteiger partial charge in [-0.05, 0) is 84.0 Å². The minimum atomic E-state index is -4.34. The third kappa shape index (κ3) is 7.71. The summed E-state index contributed by atoms with van der Waals surface area (Å²) in [5, 5.41) is 17.5. The number of fused-ring (bicyclic) bond motifs is 1. The molecule has 1 unspecified atom stereocenters. The molecule has 3 aromatic carbocycles. The molecule has 3 N–H and O–H groups in total. The highest BCUT2D eigenvalue weighted by Crippen LogP contribution is 2.38. The SMILES string of the molecule is O=C(O)CCNC(=O)c1ccc(C(Nc2nc(-c3ccc(SC(F)(F)F)cc3)cs2)c2ccc3c(c2)CCCC3)cc1. The van der Waals surface area contributed by atoms with Gasteiger partial charge in [0.2, 0.25) is 0 Å². The second kappa shape index (κ2) is 13.0. The lowest BCUT2D eigenvalue weighted by molar-refractivity contribution is -0.136. The van der Waals surface area contributed by atoms with E-state index in [0.29, 0.717) is 16.4 Å². The number of aliphatic carboxylic acids is 1. The standard InChI is InChI=1S/C31H28F3N3O3S2/c32-31(33,34)42-25-13-11-20(12-14-25)26-18-41-30(36-26)37-28(24-10-5-19-3-1-2-4-23(19)17-24)21-6-8-22(9-7-21)29(40)35-16-15-27(38)39/h5-14,17-18,28H,1-4,15-16H2,(H,35,40)(H,36,37)(H,38,39). The molecular weight excluding hydrogens is 583 g/mol. The maximum Gasteiger partial charge on any atom is 0.446 e. The zero-order valence-corrected chi connectivity index (χ0v) is 24.0. The summed E-state index contributed by atoms with van der Waals surface area (Å²) in [4.78, 5) is 28.1. The van der Waals surface area contributed by atoms with Crippen molar-refractivity contribution < 1.29 is 27.9 Å². The second-order valence-electron chi connectivity index (χ2n) is 9.94. The molecule has 0 fully saturated rings. The van der Waals surface area contributed by atoms with Crippen molar-refractivity contribution in [2.24, 2.45) is 0 Å². The molecule has 0 saturated heterocycles. The first-order chi connectivity index (χ1) is 20.1. The number of thioether (sulfide) groups is 1. The number of thiazole rings is 1. The third-order valence-electron chi connectivity index (χ3n) is 6.99. The predicted octanol–water partition coefficient (Wildman–Crippen LogP) is 7.71. The van der Waals surface area contributed by atoms with E-state index in [2.05, 4.69) is 28.8 Å². The summed E-state index contributed by atoms with van der Waals surface area (Å²) in [7, 11) is 0. The van der Waals surface area contributed by atoms with Crippen LogP contribution in [0.4, 0.5) is 18.3 Å². The largest absolute Gasteiger partial charge is 0.481 e. The van der Waals surface area contributed by atoms with Gasteiger partial charge in [-0.3, -0.25) is 9.59 Å². The Morgan fingerprint density at radius 1 is 0.952 bits per heavy atom. The van der Waals surface area contributed by atoms with Crippen LogP contribution >= 0.6 is 23.1 Å². The van der Waals surface area contributed by atoms with Gasteiger partial charge in [-0.25, -0.2) is 4.98 Å². The van der Waals surface area contributed by atoms with Gasteiger partial charge in [-0.2, -0.15) is 13.2 Å². The second-order valence-corrected chi connectivity index (χ2v) is 11.9. The Bertz CT molecular complexity index is 1550. The van der Waals surface area contributed by atoms with Crippen LogP contribution in [0, 0.1) is 0 Å². The molecule has 218 valence electrons. The highest BCUT2D eigenvalue weighted by molar-refractivity contribution is 8.00. The van der Waals surface area contributed by atoms with E-state index >= 15 is 0 Å². The van der Waals surface area contributed by atoms with E-state index in [4.69, 9.17) is 10.1 Å². The van der Waals surface area contributed by atoms with E-state index in [9.17, 15) is 22.8 Å². The summed E-state index contributed by atoms with van der Waals surface area (Å²) in [6, 6.07) is 19.6. The number of benzene rings is 3. The number of hydrogen-bond acceptors (Lipinski definition) is 6. The summed E-state index contributed by atoms with van der Waals surface area (Å²) < 4.78 is 38.1. The molecule has 0 aliphatic heterocycles. The summed E-state index contributed by atoms with van der Waals surface area (Å²) in [5.74, 6) is -1.32. The molecular formula is C31H28F3N3O3S2. The molecule has 42 heavy (non-hydrogen) atoms. The average molecular weight is 612 g/mol. The van der Waals surface area contributed by atoms with E-state index in [1.165, 1.54) is 41.0 Å². The molecule has 0 spiro atoms. The fraction of sp³-hybridized carbons (Fsp3) is 0.258. The predicted molar refractivity (Wildman–Crippen MR) is 159 cm³/mol. The van der Waals surface area contributed by atoms with Crippen molar-refractivity contribution in [3.63, 3.8) is 0 Å². The quantitative estimate of drug-likeness (QED) is 0.159. The summed E-state index contributed by atoms with van der Waals surface area (Å²) in [6.45, 7) is 0.0471. The summed E-state index contributed by atoms with van der Waals surface area (Å²) in [6.07, 6.45) is 4.27. The van der Waals surface area contributed by atoms with Gasteiger partial charge in [0, 0.05) is 27.9 Å². The average Bonchev–Trinajstić information content (AvgIpc) is 3.44. The molecule has 5 rings (SSSR count). The number of carbonyl (C=O) groups is 2. The van der Waals surface area contributed by atoms with Crippen LogP contribution in [0.3, 0.4) is 0 Å². The lowest BCUT2D eigenvalue weighted by atomic mass is 9.88. The molecule has 0 bridgehead atoms. The van der Waals surface area contributed by atoms with E-state index < -0.39 is 11.5 Å². The van der Waals surface area contributed by atoms with Crippen molar-refractivity contribution >= 4 is 40.1 Å². The summed E-state index contributed by atoms with van der Waals surface area (Å²) >= 11 is 1.26. The molecule has 6 nitrogen and oxygen atoms in total. The lowest BCUT2D eigenvalue weighted by Crippen LogP contribution is -2.26. The van der Waals surface area contributed by atoms with E-state index in [1.54, 1.807) is 24.3 Å². The Balaban J connectivity index is 1.38. The number of anilines is 1. The van der Waals surface area contributed by atoms with Crippen molar-refractivity contribution in [3.8, 4) is 11.3 Å². The van der Waals surface area contributed by atoms with Crippen molar-refractivity contribution in [3.05, 3.63) is 99.9 Å². The Hall–Kier alpha value is -3.83. The smallest absolute Gasteiger partial charge is 0.446 e. The number of halogens is 3. The van der Waals surface area contributed by atoms with Gasteiger partial charge < -0.3 is 15.7 Å². The number of aromatic nitrogens is 1. The zero-order valence-electron chi connectivity index (χ0n) is 22.4. The van der Waals surface area contributed by atoms with Crippen LogP contribution in [0.15, 0.2) is 77.0 Å². The maximum atomic E-state index is 12.7. The van der Waals surface area contributed by atoms with Crippen LogP contribution in [0.2, 0.25) is 0 Å². The van der Waals surface area contributed by atoms with Crippen molar-refractivity contribution in [1.29, 1.82) is 0 Å². The molecule has 0 radical (unpaired) electrons. The first-order valence-electron chi connectivity index (χ1n) is 13.4. The van der Waals surface area contributed by atoms with Gasteiger partial charge >= 0.3 is 11.5 Å². The number of hydrogen-bond donors (Lipinski definition) is 3. The Labute approximate surface area is 249 Å². The highest BCUT2D eigenvalue weighted by atomic mass is 32.2. The van der Waals surface area contributed by atoms with Gasteiger partial charge in [0.1, 0.15) is 0 Å². The number of rotatable bonds is 10. The number of alkyl halides is 3. The van der Waals surface area contributed by atoms with E-state index in [1.807, 2.05) is 17.5 Å². The zero-order chi connectivity index (χ0) is 29.7. The number of amides is 1. The monoisotopic (exact) mass is 611 g/mol. The minimum Gasteiger partial charge on any atom is -0.481 e. The van der Waals surface area contributed by atoms with Gasteiger partial charge in [0.15, 0.2) is 5.13 Å². The Morgan fingerprint density at radius 3 is 2.33 bits per heavy atom. The molecule has 0 saturated carbocycles. The lowest BCUT2D eigenvalue weighted by Gasteiger charge is -2.23. The van der Waals surface area contributed by atoms with Gasteiger partial charge in [-0.15, -0.1) is 11.3 Å². The van der Waals surface area contributed by atoms with E-state index in [-0.39, 0.29) is 41.6 Å². The number of nitrogens with one attached hydrogen (secondary N) is 2. The van der Waals surface area contributed by atoms with E-state index in [0.717, 1.165) is 36.0 Å². The van der Waals surface area contributed by atoms with Gasteiger partial charge in [-0.1, -0.05) is 42.5 Å². The molecule has 1 aromatic heterocycles. The number of carboxylic acids is 1. The number of carbonyl (C=O) groups excluding carboxylic acids is 1. The van der Waals surface area contributed by atoms with Gasteiger partial charge in [0.05, 0.1) is 18.2 Å². The number of aryl methyl sites for hydroxylation is 2. The van der Waals surface area contributed by atoms with Crippen molar-refractivity contribution in [2.45, 2.75) is 48.5 Å². The van der Waals surface area contributed by atoms with Crippen LogP contribution < -0.4 is 10.6 Å². The molecule has 1 heterocycles. The Kier molecular flexibility index (Phi) is 9.18. The molecule has 1 aliphatic carbocycles. The topological polar surface area (TPSA) is 91.3 Å². The van der Waals surface area contributed by atoms with Crippen LogP contribution in [0.25, 0.3) is 11.3 Å². The third-order valence-corrected chi connectivity index (χ3v) is 8.51. The van der Waals surface area contributed by atoms with Crippen molar-refractivity contribution in [2.75, 3.05) is 11.9 Å². The normalized spacial score (nSPS) is 13.7. The minimum absolute atomic E-state index is 0.0471. The molecule has 1 amide bonds. The van der Waals surface area contributed by atoms with Crippen molar-refractivity contribution in [1.82, 2.24) is 10.3 Å². The fourth-order valence-electron chi connectivity index (χ4n) is 4.93. The van der Waals surface area contributed by atoms with Crippen LogP contribution in [0.5, 0.6) is 0 Å². The first-order valence-corrected chi connectivity index (χ1v) is 15.1. The maximum absolute atomic E-state index is 12.7. The molecule has 11 heteroatoms. The number of carboxylic acid groups (broad SMARTS) is 1. The van der Waals surface area contributed by atoms with Crippen LogP contribution in [-0.2, 0) is 17.6 Å². The fourth-order valence-corrected chi connectivity index (χ4v) is 6.22. The van der Waals surface area contributed by atoms with Crippen LogP contribution in [0.1, 0.15) is 57.9 Å².